The monoisotopic (exact) mass is 401 g/mol. The average molecular weight is 402 g/mol. The number of hydrogen-bond donors (Lipinski definition) is 2. The molecule has 5 nitrogen and oxygen atoms in total. The Balaban J connectivity index is 0.00000225. The van der Waals surface area contributed by atoms with Gasteiger partial charge in [0.1, 0.15) is 5.75 Å². The smallest absolute Gasteiger partial charge is 0.255 e. The highest BCUT2D eigenvalue weighted by Crippen LogP contribution is 2.37. The average Bonchev–Trinajstić information content (AvgIpc) is 3.17. The van der Waals surface area contributed by atoms with Crippen molar-refractivity contribution in [1.82, 2.24) is 10.2 Å². The molecular formula is C22H28ClN3O2. The van der Waals surface area contributed by atoms with Crippen LogP contribution in [0.1, 0.15) is 29.6 Å². The number of methoxy groups -OCH3 is 1. The highest BCUT2D eigenvalue weighted by molar-refractivity contribution is 6.00. The number of carbonyl (C=O) groups excluding carboxylic acids is 1. The maximum Gasteiger partial charge on any atom is 0.255 e. The zero-order valence-corrected chi connectivity index (χ0v) is 17.1. The van der Waals surface area contributed by atoms with Gasteiger partial charge < -0.3 is 20.3 Å². The van der Waals surface area contributed by atoms with Crippen molar-refractivity contribution in [3.63, 3.8) is 0 Å². The number of benzene rings is 2. The van der Waals surface area contributed by atoms with E-state index < -0.39 is 0 Å². The Morgan fingerprint density at radius 2 is 1.79 bits per heavy atom. The molecule has 2 aliphatic rings. The molecule has 0 radical (unpaired) electrons. The maximum absolute atomic E-state index is 13.2. The number of ether oxygens (including phenoxy) is 1. The van der Waals surface area contributed by atoms with Gasteiger partial charge in [0.25, 0.3) is 5.91 Å². The third-order valence-corrected chi connectivity index (χ3v) is 5.97. The van der Waals surface area contributed by atoms with Crippen LogP contribution in [0, 0.1) is 5.41 Å². The SMILES string of the molecule is COc1ccc(Nc2ccccc2C(=O)N2CCC3(CCNC3)CC2)cc1.Cl. The zero-order valence-electron chi connectivity index (χ0n) is 16.2. The summed E-state index contributed by atoms with van der Waals surface area (Å²) < 4.78 is 5.21. The summed E-state index contributed by atoms with van der Waals surface area (Å²) in [5, 5.41) is 6.86. The van der Waals surface area contributed by atoms with Gasteiger partial charge in [-0.05, 0) is 67.6 Å². The second-order valence-electron chi connectivity index (χ2n) is 7.62. The van der Waals surface area contributed by atoms with E-state index in [0.717, 1.165) is 61.7 Å². The number of nitrogens with zero attached hydrogens (tertiary/aromatic N) is 1. The standard InChI is InChI=1S/C22H27N3O2.ClH/c1-27-18-8-6-17(7-9-18)24-20-5-3-2-4-19(20)21(26)25-14-11-22(12-15-25)10-13-23-16-22;/h2-9,23-24H,10-16H2,1H3;1H. The normalized spacial score (nSPS) is 17.8. The molecule has 0 aliphatic carbocycles. The van der Waals surface area contributed by atoms with Crippen LogP contribution in [-0.2, 0) is 0 Å². The number of hydrogen-bond acceptors (Lipinski definition) is 4. The van der Waals surface area contributed by atoms with Crippen LogP contribution >= 0.6 is 12.4 Å². The van der Waals surface area contributed by atoms with Crippen LogP contribution in [0.2, 0.25) is 0 Å². The van der Waals surface area contributed by atoms with Gasteiger partial charge in [-0.1, -0.05) is 12.1 Å². The van der Waals surface area contributed by atoms with Gasteiger partial charge in [-0.15, -0.1) is 12.4 Å². The van der Waals surface area contributed by atoms with E-state index in [1.807, 2.05) is 53.4 Å². The molecule has 1 amide bonds. The fourth-order valence-electron chi connectivity index (χ4n) is 4.19. The van der Waals surface area contributed by atoms with Crippen molar-refractivity contribution in [3.05, 3.63) is 54.1 Å². The van der Waals surface area contributed by atoms with Crippen molar-refractivity contribution < 1.29 is 9.53 Å². The summed E-state index contributed by atoms with van der Waals surface area (Å²) in [5.74, 6) is 0.931. The predicted molar refractivity (Wildman–Crippen MR) is 115 cm³/mol. The first-order valence-electron chi connectivity index (χ1n) is 9.69. The van der Waals surface area contributed by atoms with Crippen LogP contribution < -0.4 is 15.4 Å². The van der Waals surface area contributed by atoms with Crippen LogP contribution in [0.3, 0.4) is 0 Å². The highest BCUT2D eigenvalue weighted by Gasteiger charge is 2.38. The second kappa shape index (κ2) is 8.84. The lowest BCUT2D eigenvalue weighted by Gasteiger charge is -2.39. The summed E-state index contributed by atoms with van der Waals surface area (Å²) in [6.07, 6.45) is 3.43. The van der Waals surface area contributed by atoms with Crippen LogP contribution in [-0.4, -0.2) is 44.1 Å². The van der Waals surface area contributed by atoms with Gasteiger partial charge in [0.05, 0.1) is 18.4 Å². The molecule has 2 saturated heterocycles. The summed E-state index contributed by atoms with van der Waals surface area (Å²) in [6, 6.07) is 15.5. The summed E-state index contributed by atoms with van der Waals surface area (Å²) in [4.78, 5) is 15.2. The van der Waals surface area contributed by atoms with Crippen LogP contribution in [0.5, 0.6) is 5.75 Å². The number of para-hydroxylation sites is 1. The third kappa shape index (κ3) is 4.26. The van der Waals surface area contributed by atoms with Crippen LogP contribution in [0.4, 0.5) is 11.4 Å². The molecule has 0 saturated carbocycles. The first-order chi connectivity index (χ1) is 13.2. The summed E-state index contributed by atoms with van der Waals surface area (Å²) in [7, 11) is 1.65. The minimum atomic E-state index is 0. The van der Waals surface area contributed by atoms with Gasteiger partial charge in [-0.25, -0.2) is 0 Å². The molecule has 0 bridgehead atoms. The van der Waals surface area contributed by atoms with Gasteiger partial charge in [0.15, 0.2) is 0 Å². The number of nitrogens with one attached hydrogen (secondary N) is 2. The number of amides is 1. The molecule has 4 rings (SSSR count). The highest BCUT2D eigenvalue weighted by atomic mass is 35.5. The van der Waals surface area contributed by atoms with Crippen molar-refractivity contribution in [3.8, 4) is 5.75 Å². The number of anilines is 2. The zero-order chi connectivity index (χ0) is 18.7. The molecule has 2 fully saturated rings. The summed E-state index contributed by atoms with van der Waals surface area (Å²) in [6.45, 7) is 3.90. The molecule has 0 aromatic heterocycles. The molecule has 2 heterocycles. The molecule has 6 heteroatoms. The third-order valence-electron chi connectivity index (χ3n) is 5.97. The number of carbonyl (C=O) groups is 1. The fourth-order valence-corrected chi connectivity index (χ4v) is 4.19. The molecule has 2 N–H and O–H groups in total. The van der Waals surface area contributed by atoms with Gasteiger partial charge in [-0.3, -0.25) is 4.79 Å². The van der Waals surface area contributed by atoms with Gasteiger partial charge in [0, 0.05) is 25.3 Å². The largest absolute Gasteiger partial charge is 0.497 e. The Bertz CT molecular complexity index is 794. The summed E-state index contributed by atoms with van der Waals surface area (Å²) >= 11 is 0. The van der Waals surface area contributed by atoms with Gasteiger partial charge in [0.2, 0.25) is 0 Å². The second-order valence-corrected chi connectivity index (χ2v) is 7.62. The van der Waals surface area contributed by atoms with E-state index in [1.165, 1.54) is 6.42 Å². The number of rotatable bonds is 4. The lowest BCUT2D eigenvalue weighted by Crippen LogP contribution is -2.44. The van der Waals surface area contributed by atoms with E-state index in [9.17, 15) is 4.79 Å². The minimum absolute atomic E-state index is 0. The van der Waals surface area contributed by atoms with Crippen molar-refractivity contribution in [2.75, 3.05) is 38.6 Å². The Morgan fingerprint density at radius 3 is 2.43 bits per heavy atom. The van der Waals surface area contributed by atoms with Crippen molar-refractivity contribution in [2.24, 2.45) is 5.41 Å². The first-order valence-corrected chi connectivity index (χ1v) is 9.69. The summed E-state index contributed by atoms with van der Waals surface area (Å²) in [5.41, 5.74) is 2.92. The Morgan fingerprint density at radius 1 is 1.07 bits per heavy atom. The lowest BCUT2D eigenvalue weighted by molar-refractivity contribution is 0.0608. The van der Waals surface area contributed by atoms with E-state index in [0.29, 0.717) is 5.41 Å². The minimum Gasteiger partial charge on any atom is -0.497 e. The molecule has 1 spiro atoms. The molecule has 150 valence electrons. The number of piperidine rings is 1. The molecule has 2 aromatic rings. The van der Waals surface area contributed by atoms with E-state index >= 15 is 0 Å². The molecule has 2 aromatic carbocycles. The fraction of sp³-hybridized carbons (Fsp3) is 0.409. The van der Waals surface area contributed by atoms with Crippen molar-refractivity contribution in [2.45, 2.75) is 19.3 Å². The molecule has 0 atom stereocenters. The topological polar surface area (TPSA) is 53.6 Å². The Labute approximate surface area is 172 Å². The lowest BCUT2D eigenvalue weighted by atomic mass is 9.78. The molecule has 2 aliphatic heterocycles. The van der Waals surface area contributed by atoms with E-state index in [1.54, 1.807) is 7.11 Å². The van der Waals surface area contributed by atoms with Crippen LogP contribution in [0.15, 0.2) is 48.5 Å². The van der Waals surface area contributed by atoms with E-state index in [2.05, 4.69) is 10.6 Å². The van der Waals surface area contributed by atoms with E-state index in [-0.39, 0.29) is 18.3 Å². The Kier molecular flexibility index (Phi) is 6.47. The van der Waals surface area contributed by atoms with Crippen molar-refractivity contribution >= 4 is 29.7 Å². The predicted octanol–water partition coefficient (Wildman–Crippen LogP) is 4.08. The number of halogens is 1. The first kappa shape index (κ1) is 20.5. The molecule has 28 heavy (non-hydrogen) atoms. The van der Waals surface area contributed by atoms with Crippen LogP contribution in [0.25, 0.3) is 0 Å². The maximum atomic E-state index is 13.2. The molecular weight excluding hydrogens is 374 g/mol. The number of likely N-dealkylation sites (tertiary alicyclic amines) is 1. The van der Waals surface area contributed by atoms with Crippen molar-refractivity contribution in [1.29, 1.82) is 0 Å². The van der Waals surface area contributed by atoms with Gasteiger partial charge in [-0.2, -0.15) is 0 Å². The Hall–Kier alpha value is -2.24. The molecule has 0 unspecified atom stereocenters. The van der Waals surface area contributed by atoms with Gasteiger partial charge >= 0.3 is 0 Å². The van der Waals surface area contributed by atoms with E-state index in [4.69, 9.17) is 4.74 Å². The quantitative estimate of drug-likeness (QED) is 0.810.